The lowest BCUT2D eigenvalue weighted by Crippen LogP contribution is -2.35. The van der Waals surface area contributed by atoms with Crippen molar-refractivity contribution in [1.29, 1.82) is 0 Å². The first-order valence-corrected chi connectivity index (χ1v) is 8.27. The molecule has 1 aromatic carbocycles. The van der Waals surface area contributed by atoms with E-state index in [1.807, 2.05) is 16.8 Å². The van der Waals surface area contributed by atoms with E-state index >= 15 is 0 Å². The molecule has 0 aromatic heterocycles. The number of benzene rings is 1. The molecule has 1 heterocycles. The monoisotopic (exact) mass is 375 g/mol. The van der Waals surface area contributed by atoms with Crippen LogP contribution in [-0.4, -0.2) is 44.9 Å². The first-order valence-electron chi connectivity index (χ1n) is 8.27. The molecule has 6 nitrogen and oxygen atoms in total. The van der Waals surface area contributed by atoms with Crippen molar-refractivity contribution in [3.63, 3.8) is 0 Å². The fourth-order valence-electron chi connectivity index (χ4n) is 2.65. The van der Waals surface area contributed by atoms with Gasteiger partial charge in [0.15, 0.2) is 0 Å². The predicted molar refractivity (Wildman–Crippen MR) is 92.6 cm³/mol. The van der Waals surface area contributed by atoms with Crippen LogP contribution in [0.5, 0.6) is 5.75 Å². The van der Waals surface area contributed by atoms with Crippen LogP contribution in [0.1, 0.15) is 27.2 Å². The standard InChI is InChI=1S/C17H24F3N3O3/c1-16(2,3)26-15(24)21-8-5-9-23-11-22(4)13-7-6-12(10-14(13)23)25-17(18,19)20/h6-7,10H,5,8-9,11H2,1-4H3,(H,21,24). The highest BCUT2D eigenvalue weighted by Gasteiger charge is 2.32. The molecule has 1 aliphatic rings. The maximum Gasteiger partial charge on any atom is 0.573 e. The fraction of sp³-hybridized carbons (Fsp3) is 0.588. The number of hydrogen-bond acceptors (Lipinski definition) is 5. The second kappa shape index (κ2) is 7.51. The van der Waals surface area contributed by atoms with Crippen LogP contribution in [0.25, 0.3) is 0 Å². The van der Waals surface area contributed by atoms with Crippen LogP contribution in [0.15, 0.2) is 18.2 Å². The molecule has 26 heavy (non-hydrogen) atoms. The van der Waals surface area contributed by atoms with Crippen LogP contribution >= 0.6 is 0 Å². The Hall–Kier alpha value is -2.32. The Kier molecular flexibility index (Phi) is 5.77. The molecule has 1 aromatic rings. The zero-order valence-electron chi connectivity index (χ0n) is 15.3. The van der Waals surface area contributed by atoms with Crippen LogP contribution in [0.2, 0.25) is 0 Å². The molecule has 0 aliphatic carbocycles. The number of amides is 1. The van der Waals surface area contributed by atoms with Gasteiger partial charge >= 0.3 is 12.5 Å². The third kappa shape index (κ3) is 5.89. The highest BCUT2D eigenvalue weighted by atomic mass is 19.4. The Balaban J connectivity index is 1.90. The minimum absolute atomic E-state index is 0.247. The van der Waals surface area contributed by atoms with Crippen molar-refractivity contribution in [2.24, 2.45) is 0 Å². The number of carbonyl (C=O) groups is 1. The van der Waals surface area contributed by atoms with E-state index in [0.717, 1.165) is 5.69 Å². The van der Waals surface area contributed by atoms with Crippen molar-refractivity contribution in [1.82, 2.24) is 5.32 Å². The van der Waals surface area contributed by atoms with E-state index in [-0.39, 0.29) is 5.75 Å². The van der Waals surface area contributed by atoms with Gasteiger partial charge < -0.3 is 24.6 Å². The van der Waals surface area contributed by atoms with E-state index in [1.165, 1.54) is 12.1 Å². The number of nitrogens with one attached hydrogen (secondary N) is 1. The summed E-state index contributed by atoms with van der Waals surface area (Å²) in [5.74, 6) is -0.247. The van der Waals surface area contributed by atoms with E-state index in [4.69, 9.17) is 4.74 Å². The van der Waals surface area contributed by atoms with Gasteiger partial charge in [-0.05, 0) is 39.3 Å². The summed E-state index contributed by atoms with van der Waals surface area (Å²) in [7, 11) is 1.86. The van der Waals surface area contributed by atoms with Crippen LogP contribution in [-0.2, 0) is 4.74 Å². The van der Waals surface area contributed by atoms with Gasteiger partial charge in [0.1, 0.15) is 11.4 Å². The Morgan fingerprint density at radius 2 is 1.92 bits per heavy atom. The summed E-state index contributed by atoms with van der Waals surface area (Å²) in [6.07, 6.45) is -4.59. The fourth-order valence-corrected chi connectivity index (χ4v) is 2.65. The lowest BCUT2D eigenvalue weighted by Gasteiger charge is -2.21. The Labute approximate surface area is 150 Å². The van der Waals surface area contributed by atoms with Crippen molar-refractivity contribution in [3.05, 3.63) is 18.2 Å². The van der Waals surface area contributed by atoms with E-state index in [1.54, 1.807) is 26.8 Å². The summed E-state index contributed by atoms with van der Waals surface area (Å²) < 4.78 is 46.4. The van der Waals surface area contributed by atoms with Gasteiger partial charge in [0, 0.05) is 26.2 Å². The van der Waals surface area contributed by atoms with Gasteiger partial charge in [0.2, 0.25) is 0 Å². The largest absolute Gasteiger partial charge is 0.573 e. The molecular weight excluding hydrogens is 351 g/mol. The molecular formula is C17H24F3N3O3. The van der Waals surface area contributed by atoms with Crippen LogP contribution in [0.4, 0.5) is 29.3 Å². The summed E-state index contributed by atoms with van der Waals surface area (Å²) in [5.41, 5.74) is 0.946. The van der Waals surface area contributed by atoms with E-state index < -0.39 is 18.1 Å². The molecule has 0 spiro atoms. The van der Waals surface area contributed by atoms with E-state index in [2.05, 4.69) is 10.1 Å². The Morgan fingerprint density at radius 1 is 1.23 bits per heavy atom. The topological polar surface area (TPSA) is 54.0 Å². The molecule has 1 amide bonds. The van der Waals surface area contributed by atoms with Crippen molar-refractivity contribution < 1.29 is 27.4 Å². The zero-order chi connectivity index (χ0) is 19.5. The summed E-state index contributed by atoms with van der Waals surface area (Å²) in [6.45, 7) is 6.88. The molecule has 146 valence electrons. The maximum atomic E-state index is 12.4. The van der Waals surface area contributed by atoms with Crippen molar-refractivity contribution in [2.75, 3.05) is 36.6 Å². The molecule has 1 N–H and O–H groups in total. The summed E-state index contributed by atoms with van der Waals surface area (Å²) in [5, 5.41) is 2.67. The van der Waals surface area contributed by atoms with Gasteiger partial charge in [0.05, 0.1) is 18.0 Å². The number of alkyl halides is 3. The number of fused-ring (bicyclic) bond motifs is 1. The first-order chi connectivity index (χ1) is 11.9. The SMILES string of the molecule is CN1CN(CCCNC(=O)OC(C)(C)C)c2cc(OC(F)(F)F)ccc21. The number of anilines is 2. The van der Waals surface area contributed by atoms with Gasteiger partial charge in [-0.2, -0.15) is 0 Å². The van der Waals surface area contributed by atoms with E-state index in [0.29, 0.717) is 31.9 Å². The number of alkyl carbamates (subject to hydrolysis) is 1. The average Bonchev–Trinajstić information content (AvgIpc) is 2.76. The van der Waals surface area contributed by atoms with Crippen molar-refractivity contribution in [3.8, 4) is 5.75 Å². The van der Waals surface area contributed by atoms with Gasteiger partial charge in [0.25, 0.3) is 0 Å². The number of rotatable bonds is 5. The summed E-state index contributed by atoms with van der Waals surface area (Å²) in [6, 6.07) is 4.29. The van der Waals surface area contributed by atoms with Crippen molar-refractivity contribution in [2.45, 2.75) is 39.2 Å². The smallest absolute Gasteiger partial charge is 0.444 e. The lowest BCUT2D eigenvalue weighted by atomic mass is 10.2. The van der Waals surface area contributed by atoms with Gasteiger partial charge in [-0.25, -0.2) is 4.79 Å². The van der Waals surface area contributed by atoms with Crippen molar-refractivity contribution >= 4 is 17.5 Å². The summed E-state index contributed by atoms with van der Waals surface area (Å²) in [4.78, 5) is 15.5. The minimum atomic E-state index is -4.72. The number of carbonyl (C=O) groups excluding carboxylic acids is 1. The normalized spacial score (nSPS) is 14.3. The third-order valence-corrected chi connectivity index (χ3v) is 3.59. The van der Waals surface area contributed by atoms with Crippen LogP contribution < -0.4 is 19.9 Å². The second-order valence-corrected chi connectivity index (χ2v) is 7.08. The summed E-state index contributed by atoms with van der Waals surface area (Å²) >= 11 is 0. The molecule has 0 fully saturated rings. The molecule has 0 bridgehead atoms. The highest BCUT2D eigenvalue weighted by Crippen LogP contribution is 2.38. The lowest BCUT2D eigenvalue weighted by molar-refractivity contribution is -0.274. The first kappa shape index (κ1) is 20.0. The number of halogens is 3. The van der Waals surface area contributed by atoms with Gasteiger partial charge in [-0.15, -0.1) is 13.2 Å². The zero-order valence-corrected chi connectivity index (χ0v) is 15.3. The average molecular weight is 375 g/mol. The van der Waals surface area contributed by atoms with E-state index in [9.17, 15) is 18.0 Å². The molecule has 0 saturated carbocycles. The molecule has 0 saturated heterocycles. The van der Waals surface area contributed by atoms with Crippen LogP contribution in [0.3, 0.4) is 0 Å². The van der Waals surface area contributed by atoms with Gasteiger partial charge in [-0.1, -0.05) is 0 Å². The Bertz CT molecular complexity index is 644. The molecule has 9 heteroatoms. The second-order valence-electron chi connectivity index (χ2n) is 7.08. The van der Waals surface area contributed by atoms with Crippen LogP contribution in [0, 0.1) is 0 Å². The molecule has 0 atom stereocenters. The van der Waals surface area contributed by atoms with Gasteiger partial charge in [-0.3, -0.25) is 0 Å². The predicted octanol–water partition coefficient (Wildman–Crippen LogP) is 3.71. The highest BCUT2D eigenvalue weighted by molar-refractivity contribution is 5.77. The number of nitrogens with zero attached hydrogens (tertiary/aromatic N) is 2. The molecule has 1 aliphatic heterocycles. The molecule has 2 rings (SSSR count). The number of hydrogen-bond donors (Lipinski definition) is 1. The number of ether oxygens (including phenoxy) is 2. The quantitative estimate of drug-likeness (QED) is 0.795. The maximum absolute atomic E-state index is 12.4. The molecule has 0 unspecified atom stereocenters. The Morgan fingerprint density at radius 3 is 2.54 bits per heavy atom. The minimum Gasteiger partial charge on any atom is -0.444 e. The molecule has 0 radical (unpaired) electrons. The third-order valence-electron chi connectivity index (χ3n) is 3.59.